The average Bonchev–Trinajstić information content (AvgIpc) is 2.89. The van der Waals surface area contributed by atoms with E-state index >= 15 is 0 Å². The van der Waals surface area contributed by atoms with Gasteiger partial charge in [-0.1, -0.05) is 12.1 Å². The molecular weight excluding hydrogens is 276 g/mol. The smallest absolute Gasteiger partial charge is 0.256 e. The van der Waals surface area contributed by atoms with Crippen LogP contribution in [-0.2, 0) is 7.05 Å². The first-order valence-corrected chi connectivity index (χ1v) is 7.10. The van der Waals surface area contributed by atoms with Gasteiger partial charge >= 0.3 is 0 Å². The number of carbonyl (C=O) groups is 1. The Kier molecular flexibility index (Phi) is 3.59. The molecule has 1 aromatic heterocycles. The molecule has 0 spiro atoms. The Morgan fingerprint density at radius 3 is 2.77 bits per heavy atom. The molecule has 1 heterocycles. The van der Waals surface area contributed by atoms with Crippen molar-refractivity contribution < 1.29 is 9.53 Å². The van der Waals surface area contributed by atoms with Crippen LogP contribution in [0, 0.1) is 6.92 Å². The highest BCUT2D eigenvalue weighted by Gasteiger charge is 2.13. The van der Waals surface area contributed by atoms with Crippen LogP contribution in [0.2, 0.25) is 0 Å². The van der Waals surface area contributed by atoms with Gasteiger partial charge in [0.15, 0.2) is 0 Å². The fourth-order valence-electron chi connectivity index (χ4n) is 2.61. The number of ether oxygens (including phenoxy) is 1. The zero-order valence-electron chi connectivity index (χ0n) is 12.9. The van der Waals surface area contributed by atoms with E-state index < -0.39 is 0 Å². The second kappa shape index (κ2) is 5.56. The lowest BCUT2D eigenvalue weighted by atomic mass is 10.1. The molecule has 0 radical (unpaired) electrons. The van der Waals surface area contributed by atoms with Crippen molar-refractivity contribution in [3.05, 3.63) is 59.8 Å². The third-order valence-electron chi connectivity index (χ3n) is 3.78. The molecule has 112 valence electrons. The van der Waals surface area contributed by atoms with Crippen LogP contribution >= 0.6 is 0 Å². The Morgan fingerprint density at radius 2 is 2.00 bits per heavy atom. The van der Waals surface area contributed by atoms with Gasteiger partial charge in [0.1, 0.15) is 5.75 Å². The molecule has 0 aliphatic heterocycles. The van der Waals surface area contributed by atoms with Crippen LogP contribution in [0.4, 0.5) is 5.69 Å². The molecule has 0 fully saturated rings. The summed E-state index contributed by atoms with van der Waals surface area (Å²) in [7, 11) is 3.56. The summed E-state index contributed by atoms with van der Waals surface area (Å²) in [5.41, 5.74) is 3.43. The topological polar surface area (TPSA) is 43.3 Å². The highest BCUT2D eigenvalue weighted by Crippen LogP contribution is 2.27. The van der Waals surface area contributed by atoms with Gasteiger partial charge in [0.2, 0.25) is 0 Å². The van der Waals surface area contributed by atoms with Crippen molar-refractivity contribution in [2.75, 3.05) is 12.4 Å². The summed E-state index contributed by atoms with van der Waals surface area (Å²) in [5, 5.41) is 3.89. The lowest BCUT2D eigenvalue weighted by molar-refractivity contribution is 0.102. The Morgan fingerprint density at radius 1 is 1.18 bits per heavy atom. The maximum absolute atomic E-state index is 12.6. The molecule has 0 bridgehead atoms. The zero-order chi connectivity index (χ0) is 15.7. The molecule has 0 aliphatic carbocycles. The van der Waals surface area contributed by atoms with Gasteiger partial charge < -0.3 is 14.6 Å². The summed E-state index contributed by atoms with van der Waals surface area (Å²) in [6.07, 6.45) is 1.95. The molecule has 0 atom stereocenters. The molecule has 22 heavy (non-hydrogen) atoms. The van der Waals surface area contributed by atoms with Crippen LogP contribution in [0.3, 0.4) is 0 Å². The van der Waals surface area contributed by atoms with Gasteiger partial charge in [0.25, 0.3) is 5.91 Å². The van der Waals surface area contributed by atoms with Crippen LogP contribution in [0.5, 0.6) is 5.75 Å². The van der Waals surface area contributed by atoms with E-state index in [1.807, 2.05) is 67.2 Å². The molecule has 0 saturated heterocycles. The SMILES string of the molecule is COc1ccc(C)cc1NC(=O)c1cccc2c1ccn2C. The molecule has 0 saturated carbocycles. The Hall–Kier alpha value is -2.75. The summed E-state index contributed by atoms with van der Waals surface area (Å²) in [6.45, 7) is 1.98. The predicted octanol–water partition coefficient (Wildman–Crippen LogP) is 3.75. The number of aryl methyl sites for hydroxylation is 2. The molecule has 0 unspecified atom stereocenters. The highest BCUT2D eigenvalue weighted by atomic mass is 16.5. The molecule has 4 nitrogen and oxygen atoms in total. The lowest BCUT2D eigenvalue weighted by Crippen LogP contribution is -2.13. The number of anilines is 1. The number of hydrogen-bond donors (Lipinski definition) is 1. The number of fused-ring (bicyclic) bond motifs is 1. The van der Waals surface area contributed by atoms with E-state index in [2.05, 4.69) is 5.32 Å². The van der Waals surface area contributed by atoms with Gasteiger partial charge in [0.05, 0.1) is 12.8 Å². The fourth-order valence-corrected chi connectivity index (χ4v) is 2.61. The standard InChI is InChI=1S/C18H18N2O2/c1-12-7-8-17(22-3)15(11-12)19-18(21)14-5-4-6-16-13(14)9-10-20(16)2/h4-11H,1-3H3,(H,19,21). The van der Waals surface area contributed by atoms with Crippen molar-refractivity contribution in [1.82, 2.24) is 4.57 Å². The number of nitrogens with one attached hydrogen (secondary N) is 1. The van der Waals surface area contributed by atoms with Crippen LogP contribution in [0.1, 0.15) is 15.9 Å². The number of carbonyl (C=O) groups excluding carboxylic acids is 1. The molecule has 1 N–H and O–H groups in total. The molecule has 0 aliphatic rings. The summed E-state index contributed by atoms with van der Waals surface area (Å²) in [4.78, 5) is 12.6. The minimum absolute atomic E-state index is 0.138. The summed E-state index contributed by atoms with van der Waals surface area (Å²) >= 11 is 0. The van der Waals surface area contributed by atoms with E-state index in [0.29, 0.717) is 17.0 Å². The number of nitrogens with zero attached hydrogens (tertiary/aromatic N) is 1. The van der Waals surface area contributed by atoms with E-state index in [1.165, 1.54) is 0 Å². The number of aromatic nitrogens is 1. The van der Waals surface area contributed by atoms with Gasteiger partial charge in [0, 0.05) is 29.7 Å². The fraction of sp³-hybridized carbons (Fsp3) is 0.167. The van der Waals surface area contributed by atoms with E-state index in [-0.39, 0.29) is 5.91 Å². The third-order valence-corrected chi connectivity index (χ3v) is 3.78. The van der Waals surface area contributed by atoms with Crippen LogP contribution in [0.25, 0.3) is 10.9 Å². The van der Waals surface area contributed by atoms with Crippen LogP contribution in [-0.4, -0.2) is 17.6 Å². The number of methoxy groups -OCH3 is 1. The Balaban J connectivity index is 1.99. The van der Waals surface area contributed by atoms with Crippen LogP contribution in [0.15, 0.2) is 48.7 Å². The van der Waals surface area contributed by atoms with Gasteiger partial charge in [-0.25, -0.2) is 0 Å². The first-order valence-electron chi connectivity index (χ1n) is 7.10. The molecule has 3 aromatic rings. The Labute approximate surface area is 129 Å². The van der Waals surface area contributed by atoms with Crippen LogP contribution < -0.4 is 10.1 Å². The molecular formula is C18H18N2O2. The monoisotopic (exact) mass is 294 g/mol. The molecule has 3 rings (SSSR count). The van der Waals surface area contributed by atoms with Crippen molar-refractivity contribution >= 4 is 22.5 Å². The second-order valence-corrected chi connectivity index (χ2v) is 5.32. The maximum Gasteiger partial charge on any atom is 0.256 e. The Bertz CT molecular complexity index is 849. The first-order chi connectivity index (χ1) is 10.6. The number of amides is 1. The number of rotatable bonds is 3. The van der Waals surface area contributed by atoms with Crippen molar-refractivity contribution in [3.8, 4) is 5.75 Å². The van der Waals surface area contributed by atoms with Gasteiger partial charge in [-0.15, -0.1) is 0 Å². The quantitative estimate of drug-likeness (QED) is 0.799. The predicted molar refractivity (Wildman–Crippen MR) is 88.6 cm³/mol. The third kappa shape index (κ3) is 2.44. The summed E-state index contributed by atoms with van der Waals surface area (Å²) in [5.74, 6) is 0.514. The van der Waals surface area contributed by atoms with Gasteiger partial charge in [-0.05, 0) is 42.8 Å². The van der Waals surface area contributed by atoms with E-state index in [9.17, 15) is 4.79 Å². The summed E-state index contributed by atoms with van der Waals surface area (Å²) in [6, 6.07) is 13.4. The number of hydrogen-bond acceptors (Lipinski definition) is 2. The highest BCUT2D eigenvalue weighted by molar-refractivity contribution is 6.13. The minimum atomic E-state index is -0.138. The van der Waals surface area contributed by atoms with Crippen molar-refractivity contribution in [3.63, 3.8) is 0 Å². The largest absolute Gasteiger partial charge is 0.495 e. The average molecular weight is 294 g/mol. The minimum Gasteiger partial charge on any atom is -0.495 e. The van der Waals surface area contributed by atoms with Crippen molar-refractivity contribution in [2.45, 2.75) is 6.92 Å². The lowest BCUT2D eigenvalue weighted by Gasteiger charge is -2.11. The van der Waals surface area contributed by atoms with Gasteiger partial charge in [-0.3, -0.25) is 4.79 Å². The van der Waals surface area contributed by atoms with E-state index in [0.717, 1.165) is 16.5 Å². The molecule has 2 aromatic carbocycles. The van der Waals surface area contributed by atoms with Gasteiger partial charge in [-0.2, -0.15) is 0 Å². The number of benzene rings is 2. The van der Waals surface area contributed by atoms with Crippen molar-refractivity contribution in [1.29, 1.82) is 0 Å². The molecule has 1 amide bonds. The summed E-state index contributed by atoms with van der Waals surface area (Å²) < 4.78 is 7.31. The van der Waals surface area contributed by atoms with Crippen molar-refractivity contribution in [2.24, 2.45) is 7.05 Å². The first kappa shape index (κ1) is 14.2. The maximum atomic E-state index is 12.6. The van der Waals surface area contributed by atoms with E-state index in [1.54, 1.807) is 7.11 Å². The van der Waals surface area contributed by atoms with E-state index in [4.69, 9.17) is 4.74 Å². The zero-order valence-corrected chi connectivity index (χ0v) is 12.9. The normalized spacial score (nSPS) is 10.7. The second-order valence-electron chi connectivity index (χ2n) is 5.32. The molecule has 4 heteroatoms.